The van der Waals surface area contributed by atoms with Gasteiger partial charge in [-0.2, -0.15) is 10.4 Å². The molecule has 2 aromatic heterocycles. The fourth-order valence-electron chi connectivity index (χ4n) is 6.73. The Balaban J connectivity index is 1.28. The highest BCUT2D eigenvalue weighted by Gasteiger charge is 2.36. The number of rotatable bonds is 7. The molecule has 4 heterocycles. The van der Waals surface area contributed by atoms with Crippen molar-refractivity contribution in [3.8, 4) is 28.8 Å². The smallest absolute Gasteiger partial charge is 0.264 e. The zero-order valence-corrected chi connectivity index (χ0v) is 27.2. The lowest BCUT2D eigenvalue weighted by molar-refractivity contribution is -0.128. The normalized spacial score (nSPS) is 21.1. The quantitative estimate of drug-likeness (QED) is 0.210. The minimum absolute atomic E-state index is 0.117. The number of para-hydroxylation sites is 1. The number of aromatic nitrogens is 4. The zero-order valence-electron chi connectivity index (χ0n) is 27.2. The lowest BCUT2D eigenvalue weighted by atomic mass is 9.94. The van der Waals surface area contributed by atoms with Gasteiger partial charge in [-0.05, 0) is 70.9 Å². The van der Waals surface area contributed by atoms with Crippen molar-refractivity contribution in [3.05, 3.63) is 72.3 Å². The van der Waals surface area contributed by atoms with Crippen LogP contribution in [0.1, 0.15) is 46.6 Å². The van der Waals surface area contributed by atoms with E-state index in [4.69, 9.17) is 15.6 Å². The predicted molar refractivity (Wildman–Crippen MR) is 178 cm³/mol. The van der Waals surface area contributed by atoms with Crippen LogP contribution in [0.3, 0.4) is 0 Å². The summed E-state index contributed by atoms with van der Waals surface area (Å²) in [7, 11) is 0. The molecule has 2 fully saturated rings. The summed E-state index contributed by atoms with van der Waals surface area (Å²) in [5.74, 6) is 0.268. The molecule has 6 rings (SSSR count). The minimum Gasteiger partial charge on any atom is -0.457 e. The van der Waals surface area contributed by atoms with Crippen molar-refractivity contribution in [1.29, 1.82) is 5.26 Å². The maximum atomic E-state index is 15.7. The number of hydrogen-bond donors (Lipinski definition) is 2. The van der Waals surface area contributed by atoms with Crippen molar-refractivity contribution in [2.45, 2.75) is 64.2 Å². The zero-order chi connectivity index (χ0) is 33.3. The Hall–Kier alpha value is -4.86. The second-order valence-corrected chi connectivity index (χ2v) is 13.0. The highest BCUT2D eigenvalue weighted by atomic mass is 19.1. The molecule has 12 heteroatoms. The van der Waals surface area contributed by atoms with Gasteiger partial charge in [-0.1, -0.05) is 18.2 Å². The van der Waals surface area contributed by atoms with Crippen LogP contribution in [-0.2, 0) is 4.79 Å². The van der Waals surface area contributed by atoms with Crippen LogP contribution in [-0.4, -0.2) is 79.3 Å². The van der Waals surface area contributed by atoms with Crippen LogP contribution in [0.25, 0.3) is 22.3 Å². The number of hydrogen-bond acceptors (Lipinski definition) is 9. The van der Waals surface area contributed by atoms with Gasteiger partial charge in [0.1, 0.15) is 46.8 Å². The Morgan fingerprint density at radius 2 is 1.94 bits per heavy atom. The fraction of sp³-hybridized carbons (Fsp3) is 0.400. The third-order valence-corrected chi connectivity index (χ3v) is 9.08. The average Bonchev–Trinajstić information content (AvgIpc) is 3.45. The van der Waals surface area contributed by atoms with Gasteiger partial charge in [-0.25, -0.2) is 19.0 Å². The summed E-state index contributed by atoms with van der Waals surface area (Å²) in [6.07, 6.45) is 4.57. The van der Waals surface area contributed by atoms with Gasteiger partial charge < -0.3 is 20.7 Å². The molecule has 1 amide bonds. The van der Waals surface area contributed by atoms with Crippen LogP contribution in [0, 0.1) is 17.1 Å². The van der Waals surface area contributed by atoms with E-state index >= 15 is 4.39 Å². The molecule has 47 heavy (non-hydrogen) atoms. The summed E-state index contributed by atoms with van der Waals surface area (Å²) in [5.41, 5.74) is 6.93. The molecule has 0 saturated carbocycles. The molecular formula is C35H40FN9O2. The third-order valence-electron chi connectivity index (χ3n) is 9.08. The van der Waals surface area contributed by atoms with Crippen LogP contribution in [0.5, 0.6) is 11.5 Å². The van der Waals surface area contributed by atoms with Crippen LogP contribution in [0.15, 0.2) is 66.5 Å². The molecule has 4 aromatic rings. The highest BCUT2D eigenvalue weighted by molar-refractivity contribution is 5.99. The first-order chi connectivity index (χ1) is 22.6. The second kappa shape index (κ2) is 13.1. The van der Waals surface area contributed by atoms with Gasteiger partial charge in [0.15, 0.2) is 5.65 Å². The van der Waals surface area contributed by atoms with Crippen molar-refractivity contribution in [3.63, 3.8) is 0 Å². The van der Waals surface area contributed by atoms with Gasteiger partial charge in [0.25, 0.3) is 5.91 Å². The van der Waals surface area contributed by atoms with Gasteiger partial charge >= 0.3 is 0 Å². The molecule has 2 aliphatic heterocycles. The van der Waals surface area contributed by atoms with Crippen molar-refractivity contribution in [2.24, 2.45) is 0 Å². The number of piperidine rings is 1. The fourth-order valence-corrected chi connectivity index (χ4v) is 6.73. The lowest BCUT2D eigenvalue weighted by Gasteiger charge is -2.46. The maximum absolute atomic E-state index is 15.7. The number of anilines is 1. The highest BCUT2D eigenvalue weighted by Crippen LogP contribution is 2.36. The monoisotopic (exact) mass is 637 g/mol. The number of carbonyl (C=O) groups excluding carboxylic acids is 1. The lowest BCUT2D eigenvalue weighted by Crippen LogP contribution is -2.60. The van der Waals surface area contributed by atoms with Gasteiger partial charge in [-0.3, -0.25) is 9.69 Å². The van der Waals surface area contributed by atoms with E-state index in [1.54, 1.807) is 39.9 Å². The Bertz CT molecular complexity index is 1850. The molecule has 244 valence electrons. The molecule has 11 nitrogen and oxygen atoms in total. The number of fused-ring (bicyclic) bond motifs is 1. The first kappa shape index (κ1) is 32.1. The van der Waals surface area contributed by atoms with E-state index in [0.29, 0.717) is 60.2 Å². The Morgan fingerprint density at radius 1 is 1.15 bits per heavy atom. The van der Waals surface area contributed by atoms with Gasteiger partial charge in [0, 0.05) is 55.4 Å². The molecule has 0 spiro atoms. The minimum atomic E-state index is -0.534. The third kappa shape index (κ3) is 6.54. The number of nitrogens with two attached hydrogens (primary N) is 1. The molecule has 2 aromatic carbocycles. The summed E-state index contributed by atoms with van der Waals surface area (Å²) in [5, 5.41) is 18.9. The molecule has 0 bridgehead atoms. The molecule has 1 unspecified atom stereocenters. The van der Waals surface area contributed by atoms with E-state index in [1.807, 2.05) is 32.0 Å². The van der Waals surface area contributed by atoms with E-state index in [1.165, 1.54) is 12.4 Å². The van der Waals surface area contributed by atoms with E-state index in [2.05, 4.69) is 40.1 Å². The molecule has 3 atom stereocenters. The number of nitriles is 1. The first-order valence-corrected chi connectivity index (χ1v) is 16.0. The first-order valence-electron chi connectivity index (χ1n) is 16.0. The number of amides is 1. The standard InChI is InChI=1S/C35H40FN9O2/c1-22-19-44(23(2)18-39-22)35(3,4)16-24(17-37)34(46)43-14-8-9-25(20-43)45-33-30(32(38)40-21-41-33)31(42-45)28-13-12-27(15-29(28)36)47-26-10-6-5-7-11-26/h5-7,10-13,15-16,21-23,25,39H,8-9,14,18-20H2,1-4H3,(H2,38,40,41)/t22-,23+,25?/m0/s1. The van der Waals surface area contributed by atoms with Crippen LogP contribution in [0.4, 0.5) is 10.2 Å². The Kier molecular flexibility index (Phi) is 8.94. The molecule has 3 N–H and O–H groups in total. The largest absolute Gasteiger partial charge is 0.457 e. The summed E-state index contributed by atoms with van der Waals surface area (Å²) in [6, 6.07) is 16.2. The molecule has 2 aliphatic rings. The number of ether oxygens (including phenoxy) is 1. The van der Waals surface area contributed by atoms with E-state index in [-0.39, 0.29) is 34.9 Å². The number of halogens is 1. The SMILES string of the molecule is C[C@@H]1CN[C@@H](C)CN1C(C)(C)C=C(C#N)C(=O)N1CCCC(n2nc(-c3ccc(Oc4ccccc4)cc3F)c3c(N)ncnc32)C1. The van der Waals surface area contributed by atoms with Gasteiger partial charge in [0.2, 0.25) is 0 Å². The number of likely N-dealkylation sites (tertiary alicyclic amines) is 1. The Labute approximate surface area is 273 Å². The summed E-state index contributed by atoms with van der Waals surface area (Å²) in [4.78, 5) is 26.5. The maximum Gasteiger partial charge on any atom is 0.264 e. The summed E-state index contributed by atoms with van der Waals surface area (Å²) in [6.45, 7) is 10.9. The number of nitrogen functional groups attached to an aromatic ring is 1. The average molecular weight is 638 g/mol. The van der Waals surface area contributed by atoms with E-state index < -0.39 is 11.4 Å². The number of benzene rings is 2. The van der Waals surface area contributed by atoms with Crippen molar-refractivity contribution >= 4 is 22.8 Å². The Morgan fingerprint density at radius 3 is 2.68 bits per heavy atom. The predicted octanol–water partition coefficient (Wildman–Crippen LogP) is 5.08. The molecule has 0 aliphatic carbocycles. The van der Waals surface area contributed by atoms with Crippen LogP contribution < -0.4 is 15.8 Å². The number of nitrogens with one attached hydrogen (secondary N) is 1. The van der Waals surface area contributed by atoms with Crippen molar-refractivity contribution in [2.75, 3.05) is 31.9 Å². The number of nitrogens with zero attached hydrogens (tertiary/aromatic N) is 7. The van der Waals surface area contributed by atoms with Crippen molar-refractivity contribution in [1.82, 2.24) is 34.9 Å². The number of carbonyl (C=O) groups is 1. The van der Waals surface area contributed by atoms with Crippen LogP contribution >= 0.6 is 0 Å². The summed E-state index contributed by atoms with van der Waals surface area (Å²) >= 11 is 0. The molecular weight excluding hydrogens is 597 g/mol. The number of piperazine rings is 1. The molecule has 0 radical (unpaired) electrons. The van der Waals surface area contributed by atoms with Gasteiger partial charge in [-0.15, -0.1) is 0 Å². The topological polar surface area (TPSA) is 138 Å². The second-order valence-electron chi connectivity index (χ2n) is 13.0. The van der Waals surface area contributed by atoms with E-state index in [9.17, 15) is 10.1 Å². The van der Waals surface area contributed by atoms with Crippen molar-refractivity contribution < 1.29 is 13.9 Å². The van der Waals surface area contributed by atoms with Crippen LogP contribution in [0.2, 0.25) is 0 Å². The van der Waals surface area contributed by atoms with Gasteiger partial charge in [0.05, 0.1) is 11.4 Å². The van der Waals surface area contributed by atoms with E-state index in [0.717, 1.165) is 13.1 Å². The molecule has 2 saturated heterocycles. The summed E-state index contributed by atoms with van der Waals surface area (Å²) < 4.78 is 23.2.